The van der Waals surface area contributed by atoms with Gasteiger partial charge in [0.1, 0.15) is 22.3 Å². The largest absolute Gasteiger partial charge is 0.456 e. The van der Waals surface area contributed by atoms with E-state index in [-0.39, 0.29) is 55.7 Å². The maximum atomic E-state index is 9.44. The molecule has 12 aromatic rings. The Kier molecular flexibility index (Phi) is 5.95. The topological polar surface area (TPSA) is 65.0 Å². The van der Waals surface area contributed by atoms with Crippen molar-refractivity contribution in [2.45, 2.75) is 0 Å². The van der Waals surface area contributed by atoms with Crippen LogP contribution in [-0.4, -0.2) is 15.0 Å². The molecule has 9 aromatic carbocycles. The first kappa shape index (κ1) is 26.0. The van der Waals surface area contributed by atoms with E-state index < -0.39 is 54.4 Å². The molecule has 0 saturated heterocycles. The molecule has 0 aliphatic carbocycles. The first-order valence-electron chi connectivity index (χ1n) is 23.9. The molecule has 3 aromatic heterocycles. The molecular weight excluding hydrogens is 735 g/mol. The van der Waals surface area contributed by atoms with Crippen molar-refractivity contribution in [2.75, 3.05) is 0 Å². The predicted molar refractivity (Wildman–Crippen MR) is 245 cm³/mol. The van der Waals surface area contributed by atoms with Crippen molar-refractivity contribution < 1.29 is 21.2 Å². The molecule has 12 rings (SSSR count). The zero-order valence-electron chi connectivity index (χ0n) is 40.5. The number of furan rings is 2. The van der Waals surface area contributed by atoms with Crippen LogP contribution in [0.5, 0.6) is 0 Å². The average molecular weight is 777 g/mol. The lowest BCUT2D eigenvalue weighted by atomic mass is 9.96. The second kappa shape index (κ2) is 13.8. The Morgan fingerprint density at radius 2 is 0.983 bits per heavy atom. The highest BCUT2D eigenvalue weighted by molar-refractivity contribution is 6.17. The van der Waals surface area contributed by atoms with Gasteiger partial charge < -0.3 is 8.83 Å². The Hall–Kier alpha value is -8.15. The van der Waals surface area contributed by atoms with Gasteiger partial charge in [0.25, 0.3) is 0 Å². The quantitative estimate of drug-likeness (QED) is 0.168. The van der Waals surface area contributed by atoms with Crippen LogP contribution in [0.4, 0.5) is 0 Å². The molecule has 5 heteroatoms. The van der Waals surface area contributed by atoms with Crippen LogP contribution >= 0.6 is 0 Å². The normalized spacial score (nSPS) is 13.8. The molecule has 0 N–H and O–H groups in total. The molecular formula is C55H33N3O2. The minimum absolute atomic E-state index is 0.0901. The van der Waals surface area contributed by atoms with Gasteiger partial charge in [0.05, 0.1) is 17.9 Å². The van der Waals surface area contributed by atoms with E-state index in [9.17, 15) is 1.37 Å². The maximum absolute atomic E-state index is 9.44. The fraction of sp³-hybridized carbons (Fsp3) is 0. The molecule has 5 nitrogen and oxygen atoms in total. The van der Waals surface area contributed by atoms with E-state index >= 15 is 0 Å². The van der Waals surface area contributed by atoms with Crippen LogP contribution in [0, 0.1) is 0 Å². The van der Waals surface area contributed by atoms with Crippen molar-refractivity contribution in [3.8, 4) is 67.5 Å². The van der Waals surface area contributed by atoms with Crippen LogP contribution in [-0.2, 0) is 0 Å². The Morgan fingerprint density at radius 1 is 0.350 bits per heavy atom. The molecule has 0 bridgehead atoms. The number of fused-ring (bicyclic) bond motifs is 8. The van der Waals surface area contributed by atoms with Gasteiger partial charge in [-0.15, -0.1) is 0 Å². The van der Waals surface area contributed by atoms with Crippen molar-refractivity contribution in [1.29, 1.82) is 0 Å². The molecule has 60 heavy (non-hydrogen) atoms. The van der Waals surface area contributed by atoms with Crippen molar-refractivity contribution in [2.24, 2.45) is 0 Å². The number of benzene rings is 9. The molecule has 0 amide bonds. The SMILES string of the molecule is [2H]c1c([2H])c([2H])c2c(oc3c4c([2H])c([2H])c([2H])c([2H])c4c([2H])c([2H])c32)c1-c1nc(-c2cc(-c3ccccc3)cc(-c3ccccc3)c2)nc(-c2ccc3c(c2)oc2cccc(-c4ccccc4)c23)n1. The number of hydrogen-bond donors (Lipinski definition) is 0. The van der Waals surface area contributed by atoms with Crippen LogP contribution in [0.15, 0.2) is 209 Å². The summed E-state index contributed by atoms with van der Waals surface area (Å²) in [4.78, 5) is 15.2. The first-order valence-corrected chi connectivity index (χ1v) is 19.4. The summed E-state index contributed by atoms with van der Waals surface area (Å²) in [7, 11) is 0. The van der Waals surface area contributed by atoms with Gasteiger partial charge in [-0.05, 0) is 87.2 Å². The van der Waals surface area contributed by atoms with Crippen LogP contribution in [0.1, 0.15) is 12.3 Å². The minimum atomic E-state index is -0.575. The number of aromatic nitrogens is 3. The molecule has 0 atom stereocenters. The molecule has 0 saturated carbocycles. The van der Waals surface area contributed by atoms with Gasteiger partial charge in [0.2, 0.25) is 0 Å². The lowest BCUT2D eigenvalue weighted by Crippen LogP contribution is -2.01. The summed E-state index contributed by atoms with van der Waals surface area (Å²) in [6.45, 7) is 0. The second-order valence-electron chi connectivity index (χ2n) is 14.5. The molecule has 0 fully saturated rings. The Labute approximate surface area is 357 Å². The standard InChI is InChI=1S/C55H33N3O2/c1-4-14-34(15-5-1)39-30-40(35-16-6-2-7-17-35)32-41(31-39)54-56-53(38-27-29-46-49(33-38)59-48-25-13-22-42(50(46)48)36-18-8-3-9-19-36)57-55(58-54)47-24-12-23-44-45-28-26-37-20-10-11-21-43(37)51(45)60-52(44)47/h1-33H/i10D,11D,12D,20D,21D,23D,24D,26D,28D. The Balaban J connectivity index is 1.16. The summed E-state index contributed by atoms with van der Waals surface area (Å²) in [5.41, 5.74) is 7.67. The van der Waals surface area contributed by atoms with E-state index in [1.54, 1.807) is 0 Å². The smallest absolute Gasteiger partial charge is 0.167 e. The molecule has 0 aliphatic heterocycles. The fourth-order valence-electron chi connectivity index (χ4n) is 8.01. The second-order valence-corrected chi connectivity index (χ2v) is 14.5. The van der Waals surface area contributed by atoms with E-state index in [0.29, 0.717) is 22.3 Å². The van der Waals surface area contributed by atoms with Crippen molar-refractivity contribution >= 4 is 54.6 Å². The van der Waals surface area contributed by atoms with Crippen LogP contribution in [0.2, 0.25) is 0 Å². The number of nitrogens with zero attached hydrogens (tertiary/aromatic N) is 3. The molecule has 0 spiro atoms. The third kappa shape index (κ3) is 5.67. The maximum Gasteiger partial charge on any atom is 0.167 e. The number of para-hydroxylation sites is 1. The predicted octanol–water partition coefficient (Wildman–Crippen LogP) is 14.8. The number of rotatable bonds is 6. The van der Waals surface area contributed by atoms with E-state index in [2.05, 4.69) is 24.3 Å². The zero-order valence-corrected chi connectivity index (χ0v) is 31.5. The van der Waals surface area contributed by atoms with Crippen molar-refractivity contribution in [3.63, 3.8) is 0 Å². The minimum Gasteiger partial charge on any atom is -0.456 e. The van der Waals surface area contributed by atoms with E-state index in [4.69, 9.17) is 34.8 Å². The summed E-state index contributed by atoms with van der Waals surface area (Å²) in [5.74, 6) is 0.301. The van der Waals surface area contributed by atoms with Crippen molar-refractivity contribution in [3.05, 3.63) is 200 Å². The highest BCUT2D eigenvalue weighted by Gasteiger charge is 2.21. The highest BCUT2D eigenvalue weighted by Crippen LogP contribution is 2.41. The van der Waals surface area contributed by atoms with Gasteiger partial charge >= 0.3 is 0 Å². The van der Waals surface area contributed by atoms with E-state index in [1.807, 2.05) is 121 Å². The average Bonchev–Trinajstić information content (AvgIpc) is 3.97. The molecule has 3 heterocycles. The molecule has 280 valence electrons. The highest BCUT2D eigenvalue weighted by atomic mass is 16.3. The van der Waals surface area contributed by atoms with Gasteiger partial charge in [-0.3, -0.25) is 0 Å². The van der Waals surface area contributed by atoms with Crippen LogP contribution < -0.4 is 0 Å². The summed E-state index contributed by atoms with van der Waals surface area (Å²) in [5, 5.41) is 1.24. The van der Waals surface area contributed by atoms with E-state index in [0.717, 1.165) is 44.2 Å². The third-order valence-electron chi connectivity index (χ3n) is 10.8. The van der Waals surface area contributed by atoms with Gasteiger partial charge in [0.15, 0.2) is 17.5 Å². The van der Waals surface area contributed by atoms with Gasteiger partial charge in [-0.25, -0.2) is 15.0 Å². The van der Waals surface area contributed by atoms with Crippen molar-refractivity contribution in [1.82, 2.24) is 15.0 Å². The monoisotopic (exact) mass is 776 g/mol. The summed E-state index contributed by atoms with van der Waals surface area (Å²) >= 11 is 0. The van der Waals surface area contributed by atoms with E-state index in [1.165, 1.54) is 0 Å². The summed E-state index contributed by atoms with van der Waals surface area (Å²) in [6.07, 6.45) is 0. The summed E-state index contributed by atoms with van der Waals surface area (Å²) in [6, 6.07) is 43.0. The first-order chi connectivity index (χ1) is 33.5. The Bertz CT molecular complexity index is 4070. The lowest BCUT2D eigenvalue weighted by molar-refractivity contribution is 0.669. The van der Waals surface area contributed by atoms with Crippen LogP contribution in [0.3, 0.4) is 0 Å². The summed E-state index contributed by atoms with van der Waals surface area (Å²) < 4.78 is 93.3. The lowest BCUT2D eigenvalue weighted by Gasteiger charge is -2.12. The third-order valence-corrected chi connectivity index (χ3v) is 10.8. The number of hydrogen-bond acceptors (Lipinski definition) is 5. The molecule has 0 aliphatic rings. The fourth-order valence-corrected chi connectivity index (χ4v) is 8.01. The zero-order chi connectivity index (χ0) is 47.4. The van der Waals surface area contributed by atoms with Crippen LogP contribution in [0.25, 0.3) is 122 Å². The van der Waals surface area contributed by atoms with Gasteiger partial charge in [0, 0.05) is 38.1 Å². The molecule has 0 unspecified atom stereocenters. The van der Waals surface area contributed by atoms with Gasteiger partial charge in [-0.2, -0.15) is 0 Å². The van der Waals surface area contributed by atoms with Gasteiger partial charge in [-0.1, -0.05) is 151 Å². The Morgan fingerprint density at radius 3 is 1.73 bits per heavy atom. The molecule has 0 radical (unpaired) electrons.